The quantitative estimate of drug-likeness (QED) is 0.341. The van der Waals surface area contributed by atoms with E-state index in [1.165, 1.54) is 7.11 Å². The van der Waals surface area contributed by atoms with E-state index in [1.807, 2.05) is 54.6 Å². The van der Waals surface area contributed by atoms with Crippen molar-refractivity contribution in [1.82, 2.24) is 0 Å². The van der Waals surface area contributed by atoms with E-state index in [4.69, 9.17) is 23.7 Å². The Hall–Kier alpha value is -4.65. The van der Waals surface area contributed by atoms with E-state index in [-0.39, 0.29) is 11.3 Å². The molecule has 0 atom stereocenters. The average Bonchev–Trinajstić information content (AvgIpc) is 2.96. The maximum absolute atomic E-state index is 12.8. The van der Waals surface area contributed by atoms with Gasteiger partial charge in [0.2, 0.25) is 0 Å². The molecule has 5 rings (SSSR count). The van der Waals surface area contributed by atoms with Gasteiger partial charge in [-0.25, -0.2) is 4.79 Å². The first-order chi connectivity index (χ1) is 17.9. The molecule has 0 fully saturated rings. The molecule has 7 heteroatoms. The highest BCUT2D eigenvalue weighted by Gasteiger charge is 2.40. The van der Waals surface area contributed by atoms with Gasteiger partial charge in [-0.2, -0.15) is 0 Å². The Kier molecular flexibility index (Phi) is 6.13. The Morgan fingerprint density at radius 2 is 1.30 bits per heavy atom. The fraction of sp³-hybridized carbons (Fsp3) is 0.167. The van der Waals surface area contributed by atoms with Gasteiger partial charge in [-0.1, -0.05) is 24.3 Å². The second kappa shape index (κ2) is 9.43. The second-order valence-corrected chi connectivity index (χ2v) is 8.50. The molecule has 188 valence electrons. The summed E-state index contributed by atoms with van der Waals surface area (Å²) < 4.78 is 28.1. The number of carbonyl (C=O) groups excluding carboxylic acids is 1. The van der Waals surface area contributed by atoms with Gasteiger partial charge >= 0.3 is 5.97 Å². The van der Waals surface area contributed by atoms with Gasteiger partial charge in [-0.15, -0.1) is 0 Å². The zero-order valence-electron chi connectivity index (χ0n) is 20.9. The zero-order chi connectivity index (χ0) is 26.2. The first-order valence-corrected chi connectivity index (χ1v) is 11.6. The van der Waals surface area contributed by atoms with Gasteiger partial charge in [0.05, 0.1) is 28.4 Å². The number of rotatable bonds is 6. The third-order valence-electron chi connectivity index (χ3n) is 6.65. The predicted molar refractivity (Wildman–Crippen MR) is 140 cm³/mol. The molecule has 0 aromatic heterocycles. The number of ether oxygens (including phenoxy) is 5. The van der Waals surface area contributed by atoms with Crippen molar-refractivity contribution in [2.75, 3.05) is 28.4 Å². The number of phenolic OH excluding ortho intramolecular Hbond substituents is 1. The second-order valence-electron chi connectivity index (χ2n) is 8.50. The van der Waals surface area contributed by atoms with Crippen molar-refractivity contribution >= 4 is 22.8 Å². The van der Waals surface area contributed by atoms with Crippen LogP contribution in [0.5, 0.6) is 28.7 Å². The van der Waals surface area contributed by atoms with Crippen molar-refractivity contribution < 1.29 is 33.6 Å². The Bertz CT molecular complexity index is 1450. The minimum Gasteiger partial charge on any atom is -0.506 e. The van der Waals surface area contributed by atoms with Gasteiger partial charge in [0.1, 0.15) is 34.3 Å². The van der Waals surface area contributed by atoms with Crippen LogP contribution in [0.15, 0.2) is 72.8 Å². The molecule has 0 saturated heterocycles. The minimum atomic E-state index is -1.06. The SMILES string of the molecule is COC(=O)c1c2c(c3cc(OC)ccc3c1O)OC(c1ccc(OC)cc1)(c1ccc(OC)cc1)C=C2. The minimum absolute atomic E-state index is 0.0319. The summed E-state index contributed by atoms with van der Waals surface area (Å²) >= 11 is 0. The molecule has 0 aliphatic carbocycles. The molecule has 7 nitrogen and oxygen atoms in total. The standard InChI is InChI=1S/C30H26O7/c1-33-20-9-5-18(6-10-20)30(19-7-11-21(34-2)12-8-19)16-15-24-26(29(32)36-4)27(31)23-14-13-22(35-3)17-25(23)28(24)37-30/h5-17,31H,1-4H3. The van der Waals surface area contributed by atoms with Crippen LogP contribution in [0.25, 0.3) is 16.8 Å². The fourth-order valence-corrected chi connectivity index (χ4v) is 4.69. The number of hydrogen-bond donors (Lipinski definition) is 1. The van der Waals surface area contributed by atoms with Crippen molar-refractivity contribution in [3.05, 3.63) is 95.1 Å². The normalized spacial score (nSPS) is 13.4. The summed E-state index contributed by atoms with van der Waals surface area (Å²) in [7, 11) is 6.07. The van der Waals surface area contributed by atoms with Crippen molar-refractivity contribution in [1.29, 1.82) is 0 Å². The van der Waals surface area contributed by atoms with E-state index in [0.29, 0.717) is 39.3 Å². The van der Waals surface area contributed by atoms with Crippen molar-refractivity contribution in [2.24, 2.45) is 0 Å². The topological polar surface area (TPSA) is 83.5 Å². The van der Waals surface area contributed by atoms with E-state index < -0.39 is 11.6 Å². The Labute approximate surface area is 214 Å². The van der Waals surface area contributed by atoms with E-state index in [9.17, 15) is 9.90 Å². The molecular formula is C30H26O7. The monoisotopic (exact) mass is 498 g/mol. The number of hydrogen-bond acceptors (Lipinski definition) is 7. The smallest absolute Gasteiger partial charge is 0.342 e. The molecule has 1 aliphatic rings. The molecule has 0 amide bonds. The summed E-state index contributed by atoms with van der Waals surface area (Å²) in [6.07, 6.45) is 3.66. The van der Waals surface area contributed by atoms with Crippen molar-refractivity contribution in [3.63, 3.8) is 0 Å². The molecule has 0 bridgehead atoms. The van der Waals surface area contributed by atoms with Crippen LogP contribution in [0.3, 0.4) is 0 Å². The van der Waals surface area contributed by atoms with Gasteiger partial charge in [-0.05, 0) is 54.6 Å². The molecule has 37 heavy (non-hydrogen) atoms. The molecule has 0 spiro atoms. The molecular weight excluding hydrogens is 472 g/mol. The van der Waals surface area contributed by atoms with Crippen LogP contribution in [0.1, 0.15) is 27.0 Å². The van der Waals surface area contributed by atoms with E-state index in [0.717, 1.165) is 11.1 Å². The first kappa shape index (κ1) is 24.1. The molecule has 1 heterocycles. The van der Waals surface area contributed by atoms with E-state index >= 15 is 0 Å². The largest absolute Gasteiger partial charge is 0.506 e. The molecule has 4 aromatic rings. The average molecular weight is 499 g/mol. The third kappa shape index (κ3) is 3.89. The molecule has 1 aliphatic heterocycles. The summed E-state index contributed by atoms with van der Waals surface area (Å²) in [4.78, 5) is 12.8. The summed E-state index contributed by atoms with van der Waals surface area (Å²) in [6, 6.07) is 20.4. The summed E-state index contributed by atoms with van der Waals surface area (Å²) in [5.41, 5.74) is 1.06. The molecule has 4 aromatic carbocycles. The number of phenols is 1. The van der Waals surface area contributed by atoms with E-state index in [2.05, 4.69) is 0 Å². The maximum Gasteiger partial charge on any atom is 0.342 e. The van der Waals surface area contributed by atoms with Crippen LogP contribution >= 0.6 is 0 Å². The first-order valence-electron chi connectivity index (χ1n) is 11.6. The van der Waals surface area contributed by atoms with Gasteiger partial charge in [0.15, 0.2) is 5.60 Å². The number of aromatic hydroxyl groups is 1. The lowest BCUT2D eigenvalue weighted by atomic mass is 9.82. The highest BCUT2D eigenvalue weighted by atomic mass is 16.5. The van der Waals surface area contributed by atoms with E-state index in [1.54, 1.807) is 45.6 Å². The summed E-state index contributed by atoms with van der Waals surface area (Å²) in [6.45, 7) is 0. The van der Waals surface area contributed by atoms with Crippen LogP contribution in [0, 0.1) is 0 Å². The van der Waals surface area contributed by atoms with Crippen LogP contribution in [-0.4, -0.2) is 39.5 Å². The van der Waals surface area contributed by atoms with Gasteiger partial charge in [0, 0.05) is 27.5 Å². The fourth-order valence-electron chi connectivity index (χ4n) is 4.69. The number of esters is 1. The number of benzene rings is 4. The van der Waals surface area contributed by atoms with Crippen LogP contribution in [-0.2, 0) is 10.3 Å². The molecule has 1 N–H and O–H groups in total. The van der Waals surface area contributed by atoms with Crippen molar-refractivity contribution in [2.45, 2.75) is 5.60 Å². The molecule has 0 saturated carbocycles. The molecule has 0 radical (unpaired) electrons. The lowest BCUT2D eigenvalue weighted by Gasteiger charge is -2.37. The van der Waals surface area contributed by atoms with Crippen molar-refractivity contribution in [3.8, 4) is 28.7 Å². The Morgan fingerprint density at radius 3 is 1.81 bits per heavy atom. The Morgan fingerprint density at radius 1 is 0.757 bits per heavy atom. The summed E-state index contributed by atoms with van der Waals surface area (Å²) in [5.74, 6) is 1.57. The number of methoxy groups -OCH3 is 4. The lowest BCUT2D eigenvalue weighted by Crippen LogP contribution is -2.34. The van der Waals surface area contributed by atoms with Gasteiger partial charge < -0.3 is 28.8 Å². The third-order valence-corrected chi connectivity index (χ3v) is 6.65. The maximum atomic E-state index is 12.8. The number of fused-ring (bicyclic) bond motifs is 3. The predicted octanol–water partition coefficient (Wildman–Crippen LogP) is 5.71. The van der Waals surface area contributed by atoms with Crippen LogP contribution < -0.4 is 18.9 Å². The lowest BCUT2D eigenvalue weighted by molar-refractivity contribution is 0.0596. The Balaban J connectivity index is 1.82. The molecule has 0 unspecified atom stereocenters. The summed E-state index contributed by atoms with van der Waals surface area (Å²) in [5, 5.41) is 12.1. The van der Waals surface area contributed by atoms with Gasteiger partial charge in [-0.3, -0.25) is 0 Å². The van der Waals surface area contributed by atoms with Crippen LogP contribution in [0.4, 0.5) is 0 Å². The zero-order valence-corrected chi connectivity index (χ0v) is 20.9. The van der Waals surface area contributed by atoms with Crippen LogP contribution in [0.2, 0.25) is 0 Å². The van der Waals surface area contributed by atoms with Gasteiger partial charge in [0.25, 0.3) is 0 Å². The number of carbonyl (C=O) groups is 1. The highest BCUT2D eigenvalue weighted by molar-refractivity contribution is 6.08. The highest BCUT2D eigenvalue weighted by Crippen LogP contribution is 2.50.